The predicted octanol–water partition coefficient (Wildman–Crippen LogP) is 1.73. The summed E-state index contributed by atoms with van der Waals surface area (Å²) in [4.78, 5) is 34.4. The average Bonchev–Trinajstić information content (AvgIpc) is 2.94. The molecule has 2 atom stereocenters. The number of amides is 2. The lowest BCUT2D eigenvalue weighted by Gasteiger charge is -2.08. The molecular formula is C14H15ClN2O4. The van der Waals surface area contributed by atoms with Gasteiger partial charge in [0.15, 0.2) is 0 Å². The second-order valence-corrected chi connectivity index (χ2v) is 6.07. The number of primary amides is 1. The monoisotopic (exact) mass is 310 g/mol. The number of carbonyl (C=O) groups is 3. The average molecular weight is 311 g/mol. The van der Waals surface area contributed by atoms with Gasteiger partial charge in [0.05, 0.1) is 22.4 Å². The van der Waals surface area contributed by atoms with Crippen molar-refractivity contribution < 1.29 is 19.5 Å². The smallest absolute Gasteiger partial charge is 0.307 e. The van der Waals surface area contributed by atoms with Crippen LogP contribution in [-0.4, -0.2) is 22.9 Å². The third kappa shape index (κ3) is 2.71. The zero-order valence-corrected chi connectivity index (χ0v) is 12.3. The van der Waals surface area contributed by atoms with Crippen LogP contribution in [0.1, 0.15) is 24.2 Å². The first kappa shape index (κ1) is 15.3. The van der Waals surface area contributed by atoms with Crippen LogP contribution in [-0.2, 0) is 9.59 Å². The van der Waals surface area contributed by atoms with E-state index in [1.54, 1.807) is 13.8 Å². The first-order valence-corrected chi connectivity index (χ1v) is 6.67. The van der Waals surface area contributed by atoms with Crippen molar-refractivity contribution in [2.24, 2.45) is 23.0 Å². The molecule has 2 amide bonds. The maximum absolute atomic E-state index is 12.1. The van der Waals surface area contributed by atoms with Crippen LogP contribution in [0.25, 0.3) is 0 Å². The van der Waals surface area contributed by atoms with Crippen molar-refractivity contribution in [3.8, 4) is 0 Å². The normalized spacial score (nSPS) is 22.4. The predicted molar refractivity (Wildman–Crippen MR) is 77.0 cm³/mol. The molecule has 7 heteroatoms. The van der Waals surface area contributed by atoms with E-state index >= 15 is 0 Å². The number of benzene rings is 1. The number of carbonyl (C=O) groups excluding carboxylic acids is 2. The Morgan fingerprint density at radius 2 is 1.90 bits per heavy atom. The van der Waals surface area contributed by atoms with Crippen LogP contribution < -0.4 is 11.1 Å². The highest BCUT2D eigenvalue weighted by atomic mass is 35.5. The fourth-order valence-corrected chi connectivity index (χ4v) is 2.81. The van der Waals surface area contributed by atoms with Gasteiger partial charge in [-0.15, -0.1) is 0 Å². The Labute approximate surface area is 126 Å². The van der Waals surface area contributed by atoms with E-state index in [1.165, 1.54) is 18.2 Å². The zero-order valence-electron chi connectivity index (χ0n) is 11.5. The lowest BCUT2D eigenvalue weighted by molar-refractivity contribution is -0.140. The Hall–Kier alpha value is -2.08. The zero-order chi connectivity index (χ0) is 15.9. The van der Waals surface area contributed by atoms with E-state index in [-0.39, 0.29) is 10.6 Å². The highest BCUT2D eigenvalue weighted by Gasteiger charge is 2.65. The molecule has 1 aliphatic rings. The van der Waals surface area contributed by atoms with Crippen LogP contribution in [0, 0.1) is 17.3 Å². The molecule has 0 bridgehead atoms. The molecule has 0 heterocycles. The van der Waals surface area contributed by atoms with Gasteiger partial charge in [-0.3, -0.25) is 14.4 Å². The summed E-state index contributed by atoms with van der Waals surface area (Å²) in [7, 11) is 0. The highest BCUT2D eigenvalue weighted by Crippen LogP contribution is 2.58. The standard InChI is InChI=1S/C14H15ClN2O4/c1-14(2)9(10(14)13(20)21)12(19)17-6-3-4-8(15)7(5-6)11(16)18/h3-5,9-10H,1-2H3,(H2,16,18)(H,17,19)(H,20,21)/t9-,10+/m0/s1. The summed E-state index contributed by atoms with van der Waals surface area (Å²) in [5, 5.41) is 11.9. The second-order valence-electron chi connectivity index (χ2n) is 5.66. The minimum atomic E-state index is -0.992. The van der Waals surface area contributed by atoms with Gasteiger partial charge in [-0.2, -0.15) is 0 Å². The van der Waals surface area contributed by atoms with Gasteiger partial charge in [0.25, 0.3) is 0 Å². The molecule has 1 aromatic rings. The summed E-state index contributed by atoms with van der Waals surface area (Å²) >= 11 is 5.82. The molecule has 21 heavy (non-hydrogen) atoms. The maximum atomic E-state index is 12.1. The van der Waals surface area contributed by atoms with Crippen molar-refractivity contribution in [3.63, 3.8) is 0 Å². The molecule has 0 unspecified atom stereocenters. The van der Waals surface area contributed by atoms with Gasteiger partial charge in [0.1, 0.15) is 0 Å². The van der Waals surface area contributed by atoms with Gasteiger partial charge in [0, 0.05) is 5.69 Å². The summed E-state index contributed by atoms with van der Waals surface area (Å²) in [5.41, 5.74) is 5.04. The number of anilines is 1. The first-order chi connectivity index (χ1) is 9.66. The van der Waals surface area contributed by atoms with Gasteiger partial charge < -0.3 is 16.2 Å². The SMILES string of the molecule is CC1(C)[C@H](C(=O)Nc2ccc(Cl)c(C(N)=O)c2)[C@@H]1C(=O)O. The van der Waals surface area contributed by atoms with E-state index < -0.39 is 35.0 Å². The third-order valence-corrected chi connectivity index (χ3v) is 4.20. The van der Waals surface area contributed by atoms with E-state index in [9.17, 15) is 14.4 Å². The number of carboxylic acids is 1. The summed E-state index contributed by atoms with van der Waals surface area (Å²) in [6.45, 7) is 3.46. The van der Waals surface area contributed by atoms with Crippen molar-refractivity contribution >= 4 is 35.1 Å². The number of hydrogen-bond donors (Lipinski definition) is 3. The lowest BCUT2D eigenvalue weighted by atomic mass is 10.1. The summed E-state index contributed by atoms with van der Waals surface area (Å²) < 4.78 is 0. The maximum Gasteiger partial charge on any atom is 0.307 e. The molecule has 0 aromatic heterocycles. The minimum Gasteiger partial charge on any atom is -0.481 e. The first-order valence-electron chi connectivity index (χ1n) is 6.29. The van der Waals surface area contributed by atoms with E-state index in [0.29, 0.717) is 5.69 Å². The quantitative estimate of drug-likeness (QED) is 0.786. The molecule has 0 spiro atoms. The molecule has 4 N–H and O–H groups in total. The fraction of sp³-hybridized carbons (Fsp3) is 0.357. The number of hydrogen-bond acceptors (Lipinski definition) is 3. The Morgan fingerprint density at radius 3 is 2.38 bits per heavy atom. The molecule has 0 radical (unpaired) electrons. The Balaban J connectivity index is 2.17. The van der Waals surface area contributed by atoms with Gasteiger partial charge in [-0.25, -0.2) is 0 Å². The van der Waals surface area contributed by atoms with Crippen molar-refractivity contribution in [2.45, 2.75) is 13.8 Å². The van der Waals surface area contributed by atoms with E-state index in [4.69, 9.17) is 22.4 Å². The van der Waals surface area contributed by atoms with Crippen LogP contribution >= 0.6 is 11.6 Å². The summed E-state index contributed by atoms with van der Waals surface area (Å²) in [6.07, 6.45) is 0. The summed E-state index contributed by atoms with van der Waals surface area (Å²) in [6, 6.07) is 4.34. The highest BCUT2D eigenvalue weighted by molar-refractivity contribution is 6.34. The summed E-state index contributed by atoms with van der Waals surface area (Å²) in [5.74, 6) is -3.41. The number of nitrogens with two attached hydrogens (primary N) is 1. The van der Waals surface area contributed by atoms with Crippen molar-refractivity contribution in [1.82, 2.24) is 0 Å². The van der Waals surface area contributed by atoms with Crippen LogP contribution in [0.15, 0.2) is 18.2 Å². The van der Waals surface area contributed by atoms with Gasteiger partial charge in [-0.05, 0) is 23.6 Å². The molecule has 0 aliphatic heterocycles. The molecule has 0 saturated heterocycles. The van der Waals surface area contributed by atoms with Gasteiger partial charge >= 0.3 is 5.97 Å². The van der Waals surface area contributed by atoms with Crippen LogP contribution in [0.4, 0.5) is 5.69 Å². The van der Waals surface area contributed by atoms with E-state index in [2.05, 4.69) is 5.32 Å². The molecule has 1 saturated carbocycles. The van der Waals surface area contributed by atoms with Crippen LogP contribution in [0.3, 0.4) is 0 Å². The van der Waals surface area contributed by atoms with Crippen molar-refractivity contribution in [2.75, 3.05) is 5.32 Å². The number of carboxylic acid groups (broad SMARTS) is 1. The largest absolute Gasteiger partial charge is 0.481 e. The topological polar surface area (TPSA) is 109 Å². The van der Waals surface area contributed by atoms with Crippen LogP contribution in [0.2, 0.25) is 5.02 Å². The van der Waals surface area contributed by atoms with Crippen LogP contribution in [0.5, 0.6) is 0 Å². The molecule has 1 fully saturated rings. The number of rotatable bonds is 4. The molecule has 6 nitrogen and oxygen atoms in total. The van der Waals surface area contributed by atoms with Gasteiger partial charge in [-0.1, -0.05) is 25.4 Å². The molecule has 112 valence electrons. The number of aliphatic carboxylic acids is 1. The molecule has 1 aromatic carbocycles. The molecular weight excluding hydrogens is 296 g/mol. The lowest BCUT2D eigenvalue weighted by Crippen LogP contribution is -2.18. The minimum absolute atomic E-state index is 0.0966. The fourth-order valence-electron chi connectivity index (χ4n) is 2.60. The Kier molecular flexibility index (Phi) is 3.67. The third-order valence-electron chi connectivity index (χ3n) is 3.88. The van der Waals surface area contributed by atoms with Gasteiger partial charge in [0.2, 0.25) is 11.8 Å². The molecule has 1 aliphatic carbocycles. The van der Waals surface area contributed by atoms with E-state index in [0.717, 1.165) is 0 Å². The Bertz CT molecular complexity index is 642. The van der Waals surface area contributed by atoms with E-state index in [1.807, 2.05) is 0 Å². The number of halogens is 1. The second kappa shape index (κ2) is 5.04. The van der Waals surface area contributed by atoms with Crippen molar-refractivity contribution in [1.29, 1.82) is 0 Å². The van der Waals surface area contributed by atoms with Crippen molar-refractivity contribution in [3.05, 3.63) is 28.8 Å². The number of nitrogens with one attached hydrogen (secondary N) is 1. The molecule has 2 rings (SSSR count). The Morgan fingerprint density at radius 1 is 1.29 bits per heavy atom.